The van der Waals surface area contributed by atoms with Crippen molar-refractivity contribution < 1.29 is 18.1 Å². The van der Waals surface area contributed by atoms with Crippen molar-refractivity contribution in [2.24, 2.45) is 0 Å². The van der Waals surface area contributed by atoms with Gasteiger partial charge in [-0.05, 0) is 0 Å². The summed E-state index contributed by atoms with van der Waals surface area (Å²) < 4.78 is 15.1. The smallest absolute Gasteiger partial charge is 0.377 e. The summed E-state index contributed by atoms with van der Waals surface area (Å²) in [6, 6.07) is 0.146. The average Bonchev–Trinajstić information content (AvgIpc) is 2.14. The summed E-state index contributed by atoms with van der Waals surface area (Å²) in [7, 11) is 3.27. The molecule has 0 aliphatic heterocycles. The molecule has 0 aliphatic rings. The van der Waals surface area contributed by atoms with Gasteiger partial charge in [0.2, 0.25) is 5.91 Å². The van der Waals surface area contributed by atoms with Gasteiger partial charge in [-0.15, -0.1) is 0 Å². The van der Waals surface area contributed by atoms with Crippen LogP contribution in [0.5, 0.6) is 0 Å². The Morgan fingerprint density at radius 1 is 1.25 bits per heavy atom. The zero-order valence-electron chi connectivity index (χ0n) is 7.84. The lowest BCUT2D eigenvalue weighted by Crippen LogP contribution is -2.46. The Balaban J connectivity index is 4.19. The molecule has 0 unspecified atom stereocenters. The van der Waals surface area contributed by atoms with Gasteiger partial charge < -0.3 is 18.6 Å². The first-order chi connectivity index (χ1) is 5.64. The van der Waals surface area contributed by atoms with Crippen LogP contribution >= 0.6 is 0 Å². The number of hydrogen-bond acceptors (Lipinski definition) is 4. The van der Waals surface area contributed by atoms with Gasteiger partial charge in [-0.2, -0.15) is 0 Å². The van der Waals surface area contributed by atoms with Crippen molar-refractivity contribution in [2.75, 3.05) is 28.4 Å². The van der Waals surface area contributed by atoms with E-state index in [1.807, 2.05) is 0 Å². The normalized spacial score (nSPS) is 11.3. The Kier molecular flexibility index (Phi) is 5.06. The van der Waals surface area contributed by atoms with Crippen LogP contribution in [0.25, 0.3) is 0 Å². The Labute approximate surface area is 73.4 Å². The van der Waals surface area contributed by atoms with E-state index in [1.54, 1.807) is 7.05 Å². The number of carbonyl (C=O) groups excluding carboxylic acids is 1. The molecule has 0 saturated heterocycles. The molecule has 6 heteroatoms. The van der Waals surface area contributed by atoms with E-state index in [1.165, 1.54) is 21.3 Å². The standard InChI is InChI=1S/C6H15NO4Si/c1-7-6(8)5-12(9-2,10-3)11-4/h5H2,1-4H3,(H,7,8). The molecule has 0 aliphatic carbocycles. The van der Waals surface area contributed by atoms with Crippen molar-refractivity contribution in [3.63, 3.8) is 0 Å². The van der Waals surface area contributed by atoms with E-state index in [0.717, 1.165) is 0 Å². The molecule has 0 atom stereocenters. The number of nitrogens with one attached hydrogen (secondary N) is 1. The minimum Gasteiger partial charge on any atom is -0.377 e. The summed E-state index contributed by atoms with van der Waals surface area (Å²) in [5, 5.41) is 2.48. The maximum absolute atomic E-state index is 11.0. The first kappa shape index (κ1) is 11.6. The molecule has 0 fully saturated rings. The van der Waals surface area contributed by atoms with Crippen LogP contribution in [0.15, 0.2) is 0 Å². The molecular weight excluding hydrogens is 178 g/mol. The molecule has 0 heterocycles. The largest absolute Gasteiger partial charge is 0.509 e. The van der Waals surface area contributed by atoms with E-state index in [9.17, 15) is 4.79 Å². The van der Waals surface area contributed by atoms with Crippen LogP contribution in [0.2, 0.25) is 6.04 Å². The predicted octanol–water partition coefficient (Wildman–Crippen LogP) is -0.389. The SMILES string of the molecule is CNC(=O)C[Si](OC)(OC)OC. The van der Waals surface area contributed by atoms with Gasteiger partial charge in [-0.1, -0.05) is 0 Å². The maximum Gasteiger partial charge on any atom is 0.509 e. The van der Waals surface area contributed by atoms with Gasteiger partial charge in [0.25, 0.3) is 0 Å². The van der Waals surface area contributed by atoms with Crippen molar-refractivity contribution in [1.82, 2.24) is 5.32 Å². The van der Waals surface area contributed by atoms with Crippen LogP contribution in [-0.2, 0) is 18.1 Å². The lowest BCUT2D eigenvalue weighted by atomic mass is 10.7. The molecule has 12 heavy (non-hydrogen) atoms. The van der Waals surface area contributed by atoms with E-state index in [0.29, 0.717) is 0 Å². The van der Waals surface area contributed by atoms with Gasteiger partial charge >= 0.3 is 8.80 Å². The fourth-order valence-electron chi connectivity index (χ4n) is 0.752. The van der Waals surface area contributed by atoms with E-state index < -0.39 is 8.80 Å². The van der Waals surface area contributed by atoms with Crippen LogP contribution in [-0.4, -0.2) is 43.1 Å². The highest BCUT2D eigenvalue weighted by atomic mass is 28.4. The van der Waals surface area contributed by atoms with Gasteiger partial charge in [0, 0.05) is 28.4 Å². The molecule has 0 bridgehead atoms. The number of rotatable bonds is 5. The fourth-order valence-corrected chi connectivity index (χ4v) is 2.25. The van der Waals surface area contributed by atoms with Gasteiger partial charge in [0.15, 0.2) is 0 Å². The molecule has 0 radical (unpaired) electrons. The second-order valence-corrected chi connectivity index (χ2v) is 5.09. The molecule has 0 aromatic rings. The van der Waals surface area contributed by atoms with Crippen LogP contribution in [0.4, 0.5) is 0 Å². The maximum atomic E-state index is 11.0. The topological polar surface area (TPSA) is 56.8 Å². The molecule has 0 aromatic carbocycles. The number of carbonyl (C=O) groups is 1. The van der Waals surface area contributed by atoms with Gasteiger partial charge in [-0.3, -0.25) is 4.79 Å². The molecule has 0 rings (SSSR count). The van der Waals surface area contributed by atoms with Crippen molar-refractivity contribution in [2.45, 2.75) is 6.04 Å². The Bertz CT molecular complexity index is 140. The predicted molar refractivity (Wildman–Crippen MR) is 45.7 cm³/mol. The van der Waals surface area contributed by atoms with Crippen molar-refractivity contribution in [1.29, 1.82) is 0 Å². The number of amides is 1. The minimum atomic E-state index is -2.71. The lowest BCUT2D eigenvalue weighted by Gasteiger charge is -2.23. The third-order valence-electron chi connectivity index (χ3n) is 1.59. The molecule has 72 valence electrons. The molecule has 0 aromatic heterocycles. The summed E-state index contributed by atoms with van der Waals surface area (Å²) in [5.74, 6) is -0.146. The fraction of sp³-hybridized carbons (Fsp3) is 0.833. The van der Waals surface area contributed by atoms with Gasteiger partial charge in [0.1, 0.15) is 0 Å². The molecule has 5 nitrogen and oxygen atoms in total. The second-order valence-electron chi connectivity index (χ2n) is 2.15. The minimum absolute atomic E-state index is 0.146. The summed E-state index contributed by atoms with van der Waals surface area (Å²) in [6.45, 7) is 0. The van der Waals surface area contributed by atoms with Crippen LogP contribution in [0.1, 0.15) is 0 Å². The summed E-state index contributed by atoms with van der Waals surface area (Å²) >= 11 is 0. The van der Waals surface area contributed by atoms with Crippen LogP contribution in [0, 0.1) is 0 Å². The summed E-state index contributed by atoms with van der Waals surface area (Å²) in [5.41, 5.74) is 0. The van der Waals surface area contributed by atoms with E-state index >= 15 is 0 Å². The van der Waals surface area contributed by atoms with E-state index in [-0.39, 0.29) is 12.0 Å². The highest BCUT2D eigenvalue weighted by molar-refractivity contribution is 6.64. The molecular formula is C6H15NO4Si. The summed E-state index contributed by atoms with van der Waals surface area (Å²) in [6.07, 6.45) is 0. The monoisotopic (exact) mass is 193 g/mol. The molecule has 1 N–H and O–H groups in total. The van der Waals surface area contributed by atoms with Crippen molar-refractivity contribution >= 4 is 14.7 Å². The van der Waals surface area contributed by atoms with E-state index in [2.05, 4.69) is 5.32 Å². The molecule has 1 amide bonds. The third-order valence-corrected chi connectivity index (χ3v) is 4.21. The third kappa shape index (κ3) is 2.90. The average molecular weight is 193 g/mol. The van der Waals surface area contributed by atoms with Crippen molar-refractivity contribution in [3.05, 3.63) is 0 Å². The quantitative estimate of drug-likeness (QED) is 0.604. The van der Waals surface area contributed by atoms with Gasteiger partial charge in [0.05, 0.1) is 6.04 Å². The Morgan fingerprint density at radius 3 is 1.92 bits per heavy atom. The molecule has 0 saturated carbocycles. The van der Waals surface area contributed by atoms with Crippen LogP contribution in [0.3, 0.4) is 0 Å². The van der Waals surface area contributed by atoms with Crippen molar-refractivity contribution in [3.8, 4) is 0 Å². The number of hydrogen-bond donors (Lipinski definition) is 1. The molecule has 0 spiro atoms. The Morgan fingerprint density at radius 2 is 1.67 bits per heavy atom. The lowest BCUT2D eigenvalue weighted by molar-refractivity contribution is -0.119. The summed E-state index contributed by atoms with van der Waals surface area (Å²) in [4.78, 5) is 11.0. The highest BCUT2D eigenvalue weighted by Crippen LogP contribution is 2.11. The first-order valence-electron chi connectivity index (χ1n) is 3.50. The zero-order valence-corrected chi connectivity index (χ0v) is 8.84. The van der Waals surface area contributed by atoms with E-state index in [4.69, 9.17) is 13.3 Å². The zero-order chi connectivity index (χ0) is 9.61. The highest BCUT2D eigenvalue weighted by Gasteiger charge is 2.40. The van der Waals surface area contributed by atoms with Gasteiger partial charge in [-0.25, -0.2) is 0 Å². The second kappa shape index (κ2) is 5.25. The Hall–Kier alpha value is -0.433. The van der Waals surface area contributed by atoms with Crippen LogP contribution < -0.4 is 5.32 Å². The first-order valence-corrected chi connectivity index (χ1v) is 5.43.